The van der Waals surface area contributed by atoms with Crippen LogP contribution < -0.4 is 4.90 Å². The average Bonchev–Trinajstić information content (AvgIpc) is 2.62. The summed E-state index contributed by atoms with van der Waals surface area (Å²) in [6, 6.07) is 4.66. The first-order valence-electron chi connectivity index (χ1n) is 6.12. The number of benzene rings is 1. The van der Waals surface area contributed by atoms with E-state index in [2.05, 4.69) is 0 Å². The Kier molecular flexibility index (Phi) is 3.88. The zero-order chi connectivity index (χ0) is 15.1. The first-order valence-corrected chi connectivity index (χ1v) is 8.21. The zero-order valence-corrected chi connectivity index (χ0v) is 12.7. The lowest BCUT2D eigenvalue weighted by atomic mass is 10.1. The number of halogens is 1. The molecule has 1 aliphatic rings. The van der Waals surface area contributed by atoms with Crippen LogP contribution in [0, 0.1) is 0 Å². The maximum absolute atomic E-state index is 11.9. The van der Waals surface area contributed by atoms with Crippen LogP contribution in [0.25, 0.3) is 0 Å². The molecule has 1 amide bonds. The molecule has 20 heavy (non-hydrogen) atoms. The quantitative estimate of drug-likeness (QED) is 0.793. The lowest BCUT2D eigenvalue weighted by Crippen LogP contribution is -2.35. The third-order valence-corrected chi connectivity index (χ3v) is 5.75. The van der Waals surface area contributed by atoms with Crippen molar-refractivity contribution in [2.75, 3.05) is 17.2 Å². The van der Waals surface area contributed by atoms with Gasteiger partial charge in [0.1, 0.15) is 0 Å². The molecule has 1 aliphatic heterocycles. The van der Waals surface area contributed by atoms with Crippen molar-refractivity contribution >= 4 is 38.8 Å². The Hall–Kier alpha value is -1.40. The SMILES string of the molecule is CC(C)S(=O)(=O)CCN1C(=O)C(=O)c2cccc(Cl)c21. The fourth-order valence-corrected chi connectivity index (χ4v) is 3.16. The molecule has 0 N–H and O–H groups in total. The molecule has 0 aromatic heterocycles. The highest BCUT2D eigenvalue weighted by atomic mass is 35.5. The van der Waals surface area contributed by atoms with Crippen molar-refractivity contribution < 1.29 is 18.0 Å². The van der Waals surface area contributed by atoms with Crippen molar-refractivity contribution in [1.29, 1.82) is 0 Å². The van der Waals surface area contributed by atoms with Crippen LogP contribution in [0.4, 0.5) is 5.69 Å². The third kappa shape index (κ3) is 2.45. The van der Waals surface area contributed by atoms with Crippen molar-refractivity contribution in [1.82, 2.24) is 0 Å². The lowest BCUT2D eigenvalue weighted by molar-refractivity contribution is -0.114. The van der Waals surface area contributed by atoms with E-state index < -0.39 is 26.8 Å². The third-order valence-electron chi connectivity index (χ3n) is 3.26. The van der Waals surface area contributed by atoms with E-state index in [1.54, 1.807) is 26.0 Å². The number of sulfone groups is 1. The molecule has 1 heterocycles. The molecule has 1 aromatic carbocycles. The Morgan fingerprint density at radius 1 is 1.25 bits per heavy atom. The first kappa shape index (κ1) is 15.0. The summed E-state index contributed by atoms with van der Waals surface area (Å²) in [6.07, 6.45) is 0. The normalized spacial score (nSPS) is 15.1. The second-order valence-corrected chi connectivity index (χ2v) is 7.92. The van der Waals surface area contributed by atoms with E-state index in [1.165, 1.54) is 6.07 Å². The van der Waals surface area contributed by atoms with Crippen LogP contribution in [0.5, 0.6) is 0 Å². The van der Waals surface area contributed by atoms with E-state index in [9.17, 15) is 18.0 Å². The van der Waals surface area contributed by atoms with Gasteiger partial charge in [-0.15, -0.1) is 0 Å². The number of carbonyl (C=O) groups is 2. The number of rotatable bonds is 4. The highest BCUT2D eigenvalue weighted by molar-refractivity contribution is 7.92. The summed E-state index contributed by atoms with van der Waals surface area (Å²) in [4.78, 5) is 24.9. The fourth-order valence-electron chi connectivity index (χ4n) is 1.98. The Morgan fingerprint density at radius 2 is 1.90 bits per heavy atom. The van der Waals surface area contributed by atoms with E-state index in [0.717, 1.165) is 4.90 Å². The molecule has 1 aromatic rings. The first-order chi connectivity index (χ1) is 9.25. The van der Waals surface area contributed by atoms with E-state index in [1.807, 2.05) is 0 Å². The highest BCUT2D eigenvalue weighted by Gasteiger charge is 2.37. The molecule has 0 saturated heterocycles. The van der Waals surface area contributed by atoms with Gasteiger partial charge in [-0.05, 0) is 26.0 Å². The Labute approximate surface area is 122 Å². The van der Waals surface area contributed by atoms with Gasteiger partial charge in [0.05, 0.1) is 27.3 Å². The van der Waals surface area contributed by atoms with Gasteiger partial charge < -0.3 is 4.90 Å². The number of anilines is 1. The Balaban J connectivity index is 2.32. The molecule has 108 valence electrons. The maximum Gasteiger partial charge on any atom is 0.299 e. The molecule has 0 spiro atoms. The van der Waals surface area contributed by atoms with E-state index in [-0.39, 0.29) is 22.9 Å². The van der Waals surface area contributed by atoms with Crippen LogP contribution in [-0.4, -0.2) is 37.7 Å². The molecule has 7 heteroatoms. The monoisotopic (exact) mass is 315 g/mol. The second-order valence-electron chi connectivity index (χ2n) is 4.84. The number of fused-ring (bicyclic) bond motifs is 1. The van der Waals surface area contributed by atoms with Crippen LogP contribution in [0.2, 0.25) is 5.02 Å². The molecule has 0 saturated carbocycles. The largest absolute Gasteiger partial charge is 0.302 e. The highest BCUT2D eigenvalue weighted by Crippen LogP contribution is 2.35. The van der Waals surface area contributed by atoms with Gasteiger partial charge in [0.25, 0.3) is 11.7 Å². The molecule has 0 radical (unpaired) electrons. The minimum absolute atomic E-state index is 0.0676. The minimum Gasteiger partial charge on any atom is -0.302 e. The molecule has 5 nitrogen and oxygen atoms in total. The van der Waals surface area contributed by atoms with Crippen molar-refractivity contribution in [2.45, 2.75) is 19.1 Å². The van der Waals surface area contributed by atoms with Crippen molar-refractivity contribution in [3.8, 4) is 0 Å². The number of carbonyl (C=O) groups excluding carboxylic acids is 2. The minimum atomic E-state index is -3.29. The molecular formula is C13H14ClNO4S. The van der Waals surface area contributed by atoms with Gasteiger partial charge in [-0.3, -0.25) is 9.59 Å². The molecule has 0 unspecified atom stereocenters. The van der Waals surface area contributed by atoms with Crippen LogP contribution in [0.15, 0.2) is 18.2 Å². The second kappa shape index (κ2) is 5.18. The number of hydrogen-bond donors (Lipinski definition) is 0. The molecule has 0 aliphatic carbocycles. The summed E-state index contributed by atoms with van der Waals surface area (Å²) < 4.78 is 23.6. The molecule has 2 rings (SSSR count). The predicted molar refractivity (Wildman–Crippen MR) is 77.1 cm³/mol. The predicted octanol–water partition coefficient (Wildman–Crippen LogP) is 1.69. The fraction of sp³-hybridized carbons (Fsp3) is 0.385. The smallest absolute Gasteiger partial charge is 0.299 e. The van der Waals surface area contributed by atoms with E-state index in [0.29, 0.717) is 5.69 Å². The van der Waals surface area contributed by atoms with E-state index >= 15 is 0 Å². The summed E-state index contributed by atoms with van der Waals surface area (Å²) in [5, 5.41) is -0.259. The van der Waals surface area contributed by atoms with Crippen LogP contribution in [0.3, 0.4) is 0 Å². The summed E-state index contributed by atoms with van der Waals surface area (Å²) >= 11 is 6.01. The molecule has 0 atom stereocenters. The van der Waals surface area contributed by atoms with Crippen molar-refractivity contribution in [2.24, 2.45) is 0 Å². The summed E-state index contributed by atoms with van der Waals surface area (Å²) in [7, 11) is -3.29. The number of hydrogen-bond acceptors (Lipinski definition) is 4. The van der Waals surface area contributed by atoms with Crippen molar-refractivity contribution in [3.63, 3.8) is 0 Å². The van der Waals surface area contributed by atoms with Gasteiger partial charge >= 0.3 is 0 Å². The Bertz CT molecular complexity index is 682. The van der Waals surface area contributed by atoms with Crippen LogP contribution in [0.1, 0.15) is 24.2 Å². The van der Waals surface area contributed by atoms with E-state index in [4.69, 9.17) is 11.6 Å². The zero-order valence-electron chi connectivity index (χ0n) is 11.1. The number of para-hydroxylation sites is 1. The van der Waals surface area contributed by atoms with Crippen molar-refractivity contribution in [3.05, 3.63) is 28.8 Å². The van der Waals surface area contributed by atoms with Gasteiger partial charge in [-0.25, -0.2) is 8.42 Å². The van der Waals surface area contributed by atoms with Gasteiger partial charge in [0.15, 0.2) is 9.84 Å². The summed E-state index contributed by atoms with van der Waals surface area (Å²) in [6.45, 7) is 3.09. The summed E-state index contributed by atoms with van der Waals surface area (Å²) in [5.41, 5.74) is 0.535. The number of ketones is 1. The molecule has 0 fully saturated rings. The maximum atomic E-state index is 11.9. The van der Waals surface area contributed by atoms with Gasteiger partial charge in [-0.2, -0.15) is 0 Å². The van der Waals surface area contributed by atoms with Crippen LogP contribution >= 0.6 is 11.6 Å². The summed E-state index contributed by atoms with van der Waals surface area (Å²) in [5.74, 6) is -1.58. The topological polar surface area (TPSA) is 71.5 Å². The van der Waals surface area contributed by atoms with Crippen LogP contribution in [-0.2, 0) is 14.6 Å². The lowest BCUT2D eigenvalue weighted by Gasteiger charge is -2.18. The standard InChI is InChI=1S/C13H14ClNO4S/c1-8(2)20(18,19)7-6-15-11-9(12(16)13(15)17)4-3-5-10(11)14/h3-5,8H,6-7H2,1-2H3. The number of Topliss-reactive ketones (excluding diaryl/α,β-unsaturated/α-hetero) is 1. The Morgan fingerprint density at radius 3 is 2.50 bits per heavy atom. The number of amides is 1. The number of nitrogens with zero attached hydrogens (tertiary/aromatic N) is 1. The molecular weight excluding hydrogens is 302 g/mol. The van der Waals surface area contributed by atoms with Gasteiger partial charge in [-0.1, -0.05) is 17.7 Å². The van der Waals surface area contributed by atoms with Gasteiger partial charge in [0.2, 0.25) is 0 Å². The van der Waals surface area contributed by atoms with Gasteiger partial charge in [0, 0.05) is 6.54 Å². The molecule has 0 bridgehead atoms. The average molecular weight is 316 g/mol.